The number of nitrogens with zero attached hydrogens (tertiary/aromatic N) is 1. The summed E-state index contributed by atoms with van der Waals surface area (Å²) in [5.74, 6) is 1.20. The number of hydrogen-bond donors (Lipinski definition) is 1. The molecule has 0 bridgehead atoms. The monoisotopic (exact) mass is 498 g/mol. The lowest BCUT2D eigenvalue weighted by Gasteiger charge is -2.16. The first-order valence-electron chi connectivity index (χ1n) is 12.5. The van der Waals surface area contributed by atoms with Crippen LogP contribution in [-0.4, -0.2) is 24.7 Å². The molecule has 0 unspecified atom stereocenters. The maximum atomic E-state index is 13.6. The number of aryl methyl sites for hydroxylation is 3. The largest absolute Gasteiger partial charge is 0.493 e. The average molecular weight is 499 g/mol. The Morgan fingerprint density at radius 1 is 0.892 bits per heavy atom. The molecule has 6 nitrogen and oxygen atoms in total. The highest BCUT2D eigenvalue weighted by molar-refractivity contribution is 5.92. The Morgan fingerprint density at radius 2 is 1.54 bits per heavy atom. The number of benzene rings is 3. The molecule has 1 heterocycles. The van der Waals surface area contributed by atoms with Gasteiger partial charge >= 0.3 is 0 Å². The van der Waals surface area contributed by atoms with Crippen molar-refractivity contribution >= 4 is 22.5 Å². The summed E-state index contributed by atoms with van der Waals surface area (Å²) in [6.45, 7) is 6.19. The number of fused-ring (bicyclic) bond motifs is 1. The van der Waals surface area contributed by atoms with Gasteiger partial charge in [0, 0.05) is 22.7 Å². The minimum absolute atomic E-state index is 0.116. The van der Waals surface area contributed by atoms with Gasteiger partial charge in [0.05, 0.1) is 19.7 Å². The highest BCUT2D eigenvalue weighted by Gasteiger charge is 2.16. The van der Waals surface area contributed by atoms with Crippen molar-refractivity contribution < 1.29 is 14.3 Å². The lowest BCUT2D eigenvalue weighted by atomic mass is 10.0. The summed E-state index contributed by atoms with van der Waals surface area (Å²) in [5, 5.41) is 3.74. The van der Waals surface area contributed by atoms with Gasteiger partial charge in [0.15, 0.2) is 11.5 Å². The number of rotatable bonds is 9. The number of anilines is 1. The molecule has 0 radical (unpaired) electrons. The molecule has 0 aliphatic heterocycles. The SMILES string of the molecule is COc1cc2cc(CCc3ccc(C)cc3)c(=O)n(CC(=O)Nc3ccc(C(C)C)cc3)c2cc1OC. The Morgan fingerprint density at radius 3 is 2.16 bits per heavy atom. The molecule has 1 aromatic heterocycles. The van der Waals surface area contributed by atoms with E-state index in [1.165, 1.54) is 15.7 Å². The standard InChI is InChI=1S/C31H34N2O4/c1-20(2)23-12-14-26(15-13-23)32-30(34)19-33-27-18-29(37-5)28(36-4)17-25(27)16-24(31(33)35)11-10-22-8-6-21(3)7-9-22/h6-9,12-18,20H,10-11,19H2,1-5H3,(H,32,34). The van der Waals surface area contributed by atoms with Crippen molar-refractivity contribution in [3.8, 4) is 11.5 Å². The second kappa shape index (κ2) is 11.3. The third kappa shape index (κ3) is 6.02. The van der Waals surface area contributed by atoms with Gasteiger partial charge in [-0.25, -0.2) is 0 Å². The van der Waals surface area contributed by atoms with E-state index in [2.05, 4.69) is 50.4 Å². The lowest BCUT2D eigenvalue weighted by Crippen LogP contribution is -2.30. The minimum Gasteiger partial charge on any atom is -0.493 e. The van der Waals surface area contributed by atoms with Gasteiger partial charge in [-0.1, -0.05) is 55.8 Å². The smallest absolute Gasteiger partial charge is 0.254 e. The van der Waals surface area contributed by atoms with E-state index in [1.54, 1.807) is 20.3 Å². The van der Waals surface area contributed by atoms with E-state index in [0.717, 1.165) is 17.4 Å². The third-order valence-electron chi connectivity index (χ3n) is 6.64. The number of methoxy groups -OCH3 is 2. The predicted octanol–water partition coefficient (Wildman–Crippen LogP) is 5.87. The minimum atomic E-state index is -0.272. The second-order valence-corrected chi connectivity index (χ2v) is 9.64. The van der Waals surface area contributed by atoms with Gasteiger partial charge in [-0.05, 0) is 61.1 Å². The lowest BCUT2D eigenvalue weighted by molar-refractivity contribution is -0.116. The topological polar surface area (TPSA) is 69.6 Å². The van der Waals surface area contributed by atoms with Gasteiger partial charge < -0.3 is 14.8 Å². The molecule has 1 amide bonds. The summed E-state index contributed by atoms with van der Waals surface area (Å²) in [4.78, 5) is 26.7. The zero-order valence-corrected chi connectivity index (χ0v) is 22.1. The van der Waals surface area contributed by atoms with Crippen molar-refractivity contribution in [1.29, 1.82) is 0 Å². The highest BCUT2D eigenvalue weighted by atomic mass is 16.5. The van der Waals surface area contributed by atoms with E-state index >= 15 is 0 Å². The number of hydrogen-bond acceptors (Lipinski definition) is 4. The molecule has 0 saturated carbocycles. The Balaban J connectivity index is 1.68. The van der Waals surface area contributed by atoms with E-state index in [4.69, 9.17) is 9.47 Å². The highest BCUT2D eigenvalue weighted by Crippen LogP contribution is 2.32. The first-order chi connectivity index (χ1) is 17.8. The summed E-state index contributed by atoms with van der Waals surface area (Å²) in [7, 11) is 3.13. The summed E-state index contributed by atoms with van der Waals surface area (Å²) < 4.78 is 12.5. The van der Waals surface area contributed by atoms with Crippen molar-refractivity contribution in [2.24, 2.45) is 0 Å². The second-order valence-electron chi connectivity index (χ2n) is 9.64. The molecular weight excluding hydrogens is 464 g/mol. The molecule has 0 fully saturated rings. The van der Waals surface area contributed by atoms with E-state index in [9.17, 15) is 9.59 Å². The fraction of sp³-hybridized carbons (Fsp3) is 0.290. The fourth-order valence-electron chi connectivity index (χ4n) is 4.43. The van der Waals surface area contributed by atoms with Gasteiger partial charge in [0.2, 0.25) is 5.91 Å². The van der Waals surface area contributed by atoms with E-state index in [1.807, 2.05) is 36.4 Å². The average Bonchev–Trinajstić information content (AvgIpc) is 2.89. The van der Waals surface area contributed by atoms with Crippen molar-refractivity contribution in [3.05, 3.63) is 99.3 Å². The summed E-state index contributed by atoms with van der Waals surface area (Å²) >= 11 is 0. The molecule has 0 spiro atoms. The molecule has 37 heavy (non-hydrogen) atoms. The number of amides is 1. The number of aromatic nitrogens is 1. The van der Waals surface area contributed by atoms with Gasteiger partial charge in [0.1, 0.15) is 6.54 Å². The number of carbonyl (C=O) groups is 1. The summed E-state index contributed by atoms with van der Waals surface area (Å²) in [6, 6.07) is 21.6. The predicted molar refractivity (Wildman–Crippen MR) is 149 cm³/mol. The molecular formula is C31H34N2O4. The van der Waals surface area contributed by atoms with Gasteiger partial charge in [-0.15, -0.1) is 0 Å². The number of carbonyl (C=O) groups excluding carboxylic acids is 1. The zero-order chi connectivity index (χ0) is 26.5. The van der Waals surface area contributed by atoms with Crippen LogP contribution in [0.25, 0.3) is 10.9 Å². The molecule has 1 N–H and O–H groups in total. The van der Waals surface area contributed by atoms with E-state index in [0.29, 0.717) is 40.6 Å². The number of nitrogens with one attached hydrogen (secondary N) is 1. The molecule has 4 aromatic rings. The van der Waals surface area contributed by atoms with E-state index in [-0.39, 0.29) is 18.0 Å². The van der Waals surface area contributed by atoms with Crippen LogP contribution in [0.3, 0.4) is 0 Å². The van der Waals surface area contributed by atoms with Gasteiger partial charge in [-0.3, -0.25) is 14.2 Å². The van der Waals surface area contributed by atoms with E-state index < -0.39 is 0 Å². The quantitative estimate of drug-likeness (QED) is 0.313. The molecule has 0 aliphatic carbocycles. The molecule has 6 heteroatoms. The van der Waals surface area contributed by atoms with Crippen LogP contribution >= 0.6 is 0 Å². The van der Waals surface area contributed by atoms with Crippen LogP contribution < -0.4 is 20.3 Å². The first kappa shape index (κ1) is 26.0. The van der Waals surface area contributed by atoms with Crippen LogP contribution in [0.4, 0.5) is 5.69 Å². The van der Waals surface area contributed by atoms with Crippen LogP contribution in [-0.2, 0) is 24.2 Å². The molecule has 0 aliphatic rings. The number of ether oxygens (including phenoxy) is 2. The van der Waals surface area contributed by atoms with Crippen LogP contribution in [0, 0.1) is 6.92 Å². The summed E-state index contributed by atoms with van der Waals surface area (Å²) in [6.07, 6.45) is 1.28. The van der Waals surface area contributed by atoms with Crippen molar-refractivity contribution in [2.75, 3.05) is 19.5 Å². The molecule has 3 aromatic carbocycles. The van der Waals surface area contributed by atoms with Crippen LogP contribution in [0.2, 0.25) is 0 Å². The fourth-order valence-corrected chi connectivity index (χ4v) is 4.43. The third-order valence-corrected chi connectivity index (χ3v) is 6.64. The maximum Gasteiger partial charge on any atom is 0.254 e. The molecule has 0 saturated heterocycles. The Labute approximate surface area is 217 Å². The van der Waals surface area contributed by atoms with Crippen LogP contribution in [0.15, 0.2) is 71.5 Å². The first-order valence-corrected chi connectivity index (χ1v) is 12.5. The van der Waals surface area contributed by atoms with Gasteiger partial charge in [-0.2, -0.15) is 0 Å². The molecule has 0 atom stereocenters. The Bertz CT molecular complexity index is 1450. The Hall–Kier alpha value is -4.06. The van der Waals surface area contributed by atoms with Gasteiger partial charge in [0.25, 0.3) is 5.56 Å². The molecule has 192 valence electrons. The van der Waals surface area contributed by atoms with Crippen molar-refractivity contribution in [3.63, 3.8) is 0 Å². The Kier molecular flexibility index (Phi) is 7.97. The zero-order valence-electron chi connectivity index (χ0n) is 22.1. The maximum absolute atomic E-state index is 13.6. The normalized spacial score (nSPS) is 11.1. The van der Waals surface area contributed by atoms with Crippen LogP contribution in [0.5, 0.6) is 11.5 Å². The van der Waals surface area contributed by atoms with Crippen molar-refractivity contribution in [2.45, 2.75) is 46.1 Å². The van der Waals surface area contributed by atoms with Crippen LogP contribution in [0.1, 0.15) is 42.0 Å². The molecule has 4 rings (SSSR count). The van der Waals surface area contributed by atoms with Crippen molar-refractivity contribution in [1.82, 2.24) is 4.57 Å². The summed E-state index contributed by atoms with van der Waals surface area (Å²) in [5.41, 5.74) is 5.33. The number of pyridine rings is 1.